The molecule has 2 aromatic heterocycles. The highest BCUT2D eigenvalue weighted by Gasteiger charge is 2.38. The van der Waals surface area contributed by atoms with Gasteiger partial charge in [0.15, 0.2) is 0 Å². The Labute approximate surface area is 143 Å². The summed E-state index contributed by atoms with van der Waals surface area (Å²) in [5.74, 6) is 0. The minimum Gasteiger partial charge on any atom is -0.317 e. The van der Waals surface area contributed by atoms with Gasteiger partial charge in [-0.1, -0.05) is 30.3 Å². The second-order valence-electron chi connectivity index (χ2n) is 6.51. The Kier molecular flexibility index (Phi) is 3.80. The van der Waals surface area contributed by atoms with Crippen molar-refractivity contribution in [3.63, 3.8) is 0 Å². The summed E-state index contributed by atoms with van der Waals surface area (Å²) >= 11 is 0. The number of nitrogens with one attached hydrogen (secondary N) is 1. The molecule has 0 saturated carbocycles. The van der Waals surface area contributed by atoms with Gasteiger partial charge >= 0.3 is 6.18 Å². The van der Waals surface area contributed by atoms with Crippen LogP contribution in [0.25, 0.3) is 5.65 Å². The molecule has 1 fully saturated rings. The summed E-state index contributed by atoms with van der Waals surface area (Å²) in [7, 11) is 0. The van der Waals surface area contributed by atoms with Gasteiger partial charge < -0.3 is 9.72 Å². The number of rotatable bonds is 2. The van der Waals surface area contributed by atoms with Gasteiger partial charge in [-0.05, 0) is 43.6 Å². The van der Waals surface area contributed by atoms with Crippen LogP contribution in [0, 0.1) is 0 Å². The number of nitrogens with zero attached hydrogens (tertiary/aromatic N) is 2. The lowest BCUT2D eigenvalue weighted by atomic mass is 9.71. The van der Waals surface area contributed by atoms with Crippen molar-refractivity contribution < 1.29 is 13.2 Å². The molecule has 25 heavy (non-hydrogen) atoms. The minimum atomic E-state index is -4.36. The monoisotopic (exact) mass is 345 g/mol. The number of alkyl halides is 3. The molecule has 6 heteroatoms. The molecule has 0 amide bonds. The van der Waals surface area contributed by atoms with E-state index in [1.165, 1.54) is 10.5 Å². The zero-order valence-electron chi connectivity index (χ0n) is 13.6. The predicted molar refractivity (Wildman–Crippen MR) is 89.5 cm³/mol. The van der Waals surface area contributed by atoms with E-state index in [4.69, 9.17) is 0 Å². The highest BCUT2D eigenvalue weighted by molar-refractivity contribution is 5.46. The maximum absolute atomic E-state index is 13.0. The number of hydrogen-bond donors (Lipinski definition) is 1. The van der Waals surface area contributed by atoms with Crippen LogP contribution in [0.15, 0.2) is 54.9 Å². The van der Waals surface area contributed by atoms with Crippen molar-refractivity contribution in [3.8, 4) is 0 Å². The highest BCUT2D eigenvalue weighted by atomic mass is 19.4. The van der Waals surface area contributed by atoms with E-state index in [0.717, 1.165) is 49.5 Å². The van der Waals surface area contributed by atoms with Crippen molar-refractivity contribution in [2.24, 2.45) is 0 Å². The average molecular weight is 345 g/mol. The molecule has 0 atom stereocenters. The first-order valence-electron chi connectivity index (χ1n) is 8.32. The second kappa shape index (κ2) is 5.88. The van der Waals surface area contributed by atoms with Crippen molar-refractivity contribution in [2.45, 2.75) is 24.4 Å². The van der Waals surface area contributed by atoms with Crippen LogP contribution in [0.5, 0.6) is 0 Å². The smallest absolute Gasteiger partial charge is 0.317 e. The van der Waals surface area contributed by atoms with Crippen LogP contribution < -0.4 is 5.32 Å². The fraction of sp³-hybridized carbons (Fsp3) is 0.316. The van der Waals surface area contributed by atoms with Gasteiger partial charge in [0.05, 0.1) is 11.3 Å². The quantitative estimate of drug-likeness (QED) is 0.760. The fourth-order valence-electron chi connectivity index (χ4n) is 3.69. The predicted octanol–water partition coefficient (Wildman–Crippen LogP) is 4.02. The van der Waals surface area contributed by atoms with E-state index in [-0.39, 0.29) is 5.41 Å². The molecular weight excluding hydrogens is 327 g/mol. The van der Waals surface area contributed by atoms with E-state index in [0.29, 0.717) is 5.65 Å². The van der Waals surface area contributed by atoms with E-state index in [2.05, 4.69) is 22.4 Å². The first-order chi connectivity index (χ1) is 12.0. The molecule has 3 nitrogen and oxygen atoms in total. The number of aromatic nitrogens is 2. The molecule has 3 aromatic rings. The van der Waals surface area contributed by atoms with Gasteiger partial charge in [0, 0.05) is 17.8 Å². The Bertz CT molecular complexity index is 878. The normalized spacial score (nSPS) is 17.7. The number of piperidine rings is 1. The maximum atomic E-state index is 13.0. The van der Waals surface area contributed by atoms with Crippen LogP contribution in [-0.4, -0.2) is 22.5 Å². The summed E-state index contributed by atoms with van der Waals surface area (Å²) in [6.45, 7) is 1.72. The number of fused-ring (bicyclic) bond motifs is 1. The van der Waals surface area contributed by atoms with Gasteiger partial charge in [-0.25, -0.2) is 4.98 Å². The summed E-state index contributed by atoms with van der Waals surface area (Å²) in [6.07, 6.45) is 0.249. The third-order valence-electron chi connectivity index (χ3n) is 5.05. The summed E-state index contributed by atoms with van der Waals surface area (Å²) < 4.78 is 40.4. The average Bonchev–Trinajstić information content (AvgIpc) is 3.06. The molecule has 3 heterocycles. The first-order valence-corrected chi connectivity index (χ1v) is 8.32. The number of halogens is 3. The molecule has 4 rings (SSSR count). The maximum Gasteiger partial charge on any atom is 0.417 e. The lowest BCUT2D eigenvalue weighted by Crippen LogP contribution is -2.41. The van der Waals surface area contributed by atoms with Crippen molar-refractivity contribution in [3.05, 3.63) is 71.7 Å². The molecule has 1 aliphatic heterocycles. The number of benzene rings is 1. The van der Waals surface area contributed by atoms with Gasteiger partial charge in [0.1, 0.15) is 5.65 Å². The Hall–Kier alpha value is -2.34. The van der Waals surface area contributed by atoms with Crippen LogP contribution in [0.4, 0.5) is 13.2 Å². The van der Waals surface area contributed by atoms with Gasteiger partial charge in [-0.3, -0.25) is 0 Å². The van der Waals surface area contributed by atoms with Crippen molar-refractivity contribution in [1.82, 2.24) is 14.7 Å². The summed E-state index contributed by atoms with van der Waals surface area (Å²) in [5.41, 5.74) is 1.60. The Morgan fingerprint density at radius 2 is 1.68 bits per heavy atom. The van der Waals surface area contributed by atoms with Gasteiger partial charge in [-0.15, -0.1) is 0 Å². The molecule has 130 valence electrons. The zero-order valence-corrected chi connectivity index (χ0v) is 13.6. The van der Waals surface area contributed by atoms with Crippen LogP contribution in [-0.2, 0) is 11.6 Å². The summed E-state index contributed by atoms with van der Waals surface area (Å²) in [4.78, 5) is 4.68. The lowest BCUT2D eigenvalue weighted by Gasteiger charge is -2.37. The molecular formula is C19H18F3N3. The standard InChI is InChI=1S/C19H18F3N3/c20-19(21,22)15-6-7-17-24-16(13-25(17)12-15)18(8-10-23-11-9-18)14-4-2-1-3-5-14/h1-7,12-13,23H,8-11H2. The lowest BCUT2D eigenvalue weighted by molar-refractivity contribution is -0.137. The zero-order chi connectivity index (χ0) is 17.5. The molecule has 0 radical (unpaired) electrons. The highest BCUT2D eigenvalue weighted by Crippen LogP contribution is 2.40. The van der Waals surface area contributed by atoms with Crippen LogP contribution in [0.1, 0.15) is 29.7 Å². The Morgan fingerprint density at radius 3 is 2.36 bits per heavy atom. The Balaban J connectivity index is 1.85. The van der Waals surface area contributed by atoms with E-state index in [1.54, 1.807) is 6.20 Å². The summed E-state index contributed by atoms with van der Waals surface area (Å²) in [6, 6.07) is 12.6. The van der Waals surface area contributed by atoms with Gasteiger partial charge in [0.25, 0.3) is 0 Å². The second-order valence-corrected chi connectivity index (χ2v) is 6.51. The van der Waals surface area contributed by atoms with Crippen LogP contribution >= 0.6 is 0 Å². The molecule has 1 saturated heterocycles. The topological polar surface area (TPSA) is 29.3 Å². The molecule has 0 spiro atoms. The van der Waals surface area contributed by atoms with Gasteiger partial charge in [0.2, 0.25) is 0 Å². The molecule has 1 N–H and O–H groups in total. The number of hydrogen-bond acceptors (Lipinski definition) is 2. The largest absolute Gasteiger partial charge is 0.417 e. The Morgan fingerprint density at radius 1 is 0.960 bits per heavy atom. The molecule has 1 aromatic carbocycles. The van der Waals surface area contributed by atoms with Crippen LogP contribution in [0.2, 0.25) is 0 Å². The van der Waals surface area contributed by atoms with Crippen molar-refractivity contribution in [2.75, 3.05) is 13.1 Å². The fourth-order valence-corrected chi connectivity index (χ4v) is 3.69. The third kappa shape index (κ3) is 2.80. The van der Waals surface area contributed by atoms with Crippen molar-refractivity contribution >= 4 is 5.65 Å². The molecule has 0 unspecified atom stereocenters. The minimum absolute atomic E-state index is 0.267. The number of imidazole rings is 1. The van der Waals surface area contributed by atoms with Gasteiger partial charge in [-0.2, -0.15) is 13.2 Å². The van der Waals surface area contributed by atoms with E-state index in [1.807, 2.05) is 18.2 Å². The van der Waals surface area contributed by atoms with E-state index >= 15 is 0 Å². The van der Waals surface area contributed by atoms with Crippen molar-refractivity contribution in [1.29, 1.82) is 0 Å². The van der Waals surface area contributed by atoms with Crippen LogP contribution in [0.3, 0.4) is 0 Å². The van der Waals surface area contributed by atoms with E-state index in [9.17, 15) is 13.2 Å². The molecule has 0 bridgehead atoms. The third-order valence-corrected chi connectivity index (χ3v) is 5.05. The SMILES string of the molecule is FC(F)(F)c1ccc2nc(C3(c4ccccc4)CCNCC3)cn2c1. The number of pyridine rings is 1. The van der Waals surface area contributed by atoms with E-state index < -0.39 is 11.7 Å². The molecule has 1 aliphatic rings. The molecule has 0 aliphatic carbocycles. The summed E-state index contributed by atoms with van der Waals surface area (Å²) in [5, 5.41) is 3.36. The first kappa shape index (κ1) is 16.1.